The topological polar surface area (TPSA) is 21.3 Å². The molecule has 0 bridgehead atoms. The highest BCUT2D eigenvalue weighted by molar-refractivity contribution is 6.23. The average Bonchev–Trinajstić information content (AvgIpc) is 3.96. The van der Waals surface area contributed by atoms with E-state index in [2.05, 4.69) is 258 Å². The summed E-state index contributed by atoms with van der Waals surface area (Å²) >= 11 is 0. The molecule has 13 rings (SSSR count). The summed E-state index contributed by atoms with van der Waals surface area (Å²) in [6.45, 7) is 0. The average molecular weight is 855 g/mol. The molecule has 0 aliphatic heterocycles. The molecule has 2 aromatic heterocycles. The molecule has 13 aromatic rings. The summed E-state index contributed by atoms with van der Waals surface area (Å²) in [5.41, 5.74) is 17.9. The Morgan fingerprint density at radius 1 is 0.313 bits per heavy atom. The lowest BCUT2D eigenvalue weighted by molar-refractivity contribution is 0.669. The maximum Gasteiger partial charge on any atom is 0.160 e. The molecule has 0 radical (unpaired) electrons. The number of para-hydroxylation sites is 3. The van der Waals surface area contributed by atoms with Crippen LogP contribution in [0.3, 0.4) is 0 Å². The maximum absolute atomic E-state index is 6.78. The first-order valence-electron chi connectivity index (χ1n) is 22.9. The molecule has 0 spiro atoms. The van der Waals surface area contributed by atoms with Gasteiger partial charge >= 0.3 is 0 Å². The normalized spacial score (nSPS) is 11.6. The van der Waals surface area contributed by atoms with Crippen molar-refractivity contribution in [3.8, 4) is 50.2 Å². The number of fused-ring (bicyclic) bond motifs is 8. The highest BCUT2D eigenvalue weighted by Gasteiger charge is 2.22. The Hall–Kier alpha value is -8.92. The van der Waals surface area contributed by atoms with Gasteiger partial charge in [0.05, 0.1) is 16.7 Å². The summed E-state index contributed by atoms with van der Waals surface area (Å²) in [4.78, 5) is 2.34. The Balaban J connectivity index is 0.826. The fourth-order valence-electron chi connectivity index (χ4n) is 10.1. The number of benzene rings is 11. The van der Waals surface area contributed by atoms with Crippen LogP contribution in [0.25, 0.3) is 105 Å². The third-order valence-electron chi connectivity index (χ3n) is 13.4. The molecule has 0 fully saturated rings. The van der Waals surface area contributed by atoms with Crippen molar-refractivity contribution in [2.75, 3.05) is 4.90 Å². The fraction of sp³-hybridized carbons (Fsp3) is 0. The molecule has 0 saturated heterocycles. The lowest BCUT2D eigenvalue weighted by atomic mass is 9.97. The maximum atomic E-state index is 6.78. The van der Waals surface area contributed by atoms with Gasteiger partial charge in [-0.05, 0) is 116 Å². The molecule has 2 heterocycles. The van der Waals surface area contributed by atoms with E-state index in [9.17, 15) is 0 Å². The Kier molecular flexibility index (Phi) is 9.17. The van der Waals surface area contributed by atoms with Crippen molar-refractivity contribution in [1.29, 1.82) is 0 Å². The van der Waals surface area contributed by atoms with Gasteiger partial charge in [-0.1, -0.05) is 194 Å². The van der Waals surface area contributed by atoms with E-state index in [1.807, 2.05) is 6.07 Å². The first-order valence-corrected chi connectivity index (χ1v) is 22.9. The second-order valence-electron chi connectivity index (χ2n) is 17.3. The molecule has 0 atom stereocenters. The van der Waals surface area contributed by atoms with Crippen LogP contribution >= 0.6 is 0 Å². The van der Waals surface area contributed by atoms with Gasteiger partial charge in [0.1, 0.15) is 5.58 Å². The zero-order valence-electron chi connectivity index (χ0n) is 36.6. The van der Waals surface area contributed by atoms with Gasteiger partial charge in [-0.25, -0.2) is 0 Å². The van der Waals surface area contributed by atoms with Crippen molar-refractivity contribution < 1.29 is 4.42 Å². The number of furan rings is 1. The zero-order chi connectivity index (χ0) is 44.3. The molecule has 314 valence electrons. The van der Waals surface area contributed by atoms with Gasteiger partial charge in [0.25, 0.3) is 0 Å². The van der Waals surface area contributed by atoms with Crippen LogP contribution in [0, 0.1) is 0 Å². The van der Waals surface area contributed by atoms with Crippen LogP contribution in [0.2, 0.25) is 0 Å². The Bertz CT molecular complexity index is 3920. The van der Waals surface area contributed by atoms with E-state index in [0.29, 0.717) is 0 Å². The molecule has 67 heavy (non-hydrogen) atoms. The van der Waals surface area contributed by atoms with Gasteiger partial charge in [-0.3, -0.25) is 0 Å². The van der Waals surface area contributed by atoms with Crippen molar-refractivity contribution in [3.63, 3.8) is 0 Å². The van der Waals surface area contributed by atoms with Crippen LogP contribution in [0.4, 0.5) is 17.1 Å². The van der Waals surface area contributed by atoms with Crippen LogP contribution in [-0.2, 0) is 0 Å². The molecule has 3 nitrogen and oxygen atoms in total. The summed E-state index contributed by atoms with van der Waals surface area (Å²) in [6, 6.07) is 91.7. The summed E-state index contributed by atoms with van der Waals surface area (Å²) in [7, 11) is 0. The van der Waals surface area contributed by atoms with E-state index < -0.39 is 0 Å². The summed E-state index contributed by atoms with van der Waals surface area (Å²) in [5, 5.41) is 7.12. The minimum atomic E-state index is 0.868. The third kappa shape index (κ3) is 6.67. The van der Waals surface area contributed by atoms with Crippen molar-refractivity contribution in [2.24, 2.45) is 0 Å². The molecule has 0 N–H and O–H groups in total. The monoisotopic (exact) mass is 854 g/mol. The van der Waals surface area contributed by atoms with Crippen molar-refractivity contribution in [3.05, 3.63) is 255 Å². The highest BCUT2D eigenvalue weighted by Crippen LogP contribution is 2.46. The minimum Gasteiger partial charge on any atom is -0.454 e. The van der Waals surface area contributed by atoms with Crippen LogP contribution in [0.5, 0.6) is 0 Å². The van der Waals surface area contributed by atoms with Crippen LogP contribution in [-0.4, -0.2) is 4.57 Å². The van der Waals surface area contributed by atoms with Gasteiger partial charge in [-0.2, -0.15) is 0 Å². The van der Waals surface area contributed by atoms with Gasteiger partial charge in [0.15, 0.2) is 5.58 Å². The molecule has 3 heteroatoms. The molecule has 0 unspecified atom stereocenters. The van der Waals surface area contributed by atoms with Gasteiger partial charge in [0, 0.05) is 38.6 Å². The molecule has 0 saturated carbocycles. The zero-order valence-corrected chi connectivity index (χ0v) is 36.6. The molecule has 11 aromatic carbocycles. The standard InChI is InChI=1S/C64H42N2O/c1-3-13-43(14-4-1)47-31-36-53(37-32-47)65(61-42-51-15-7-8-18-55(51)63-58-20-10-12-22-62(58)67-64(61)63)54-38-33-48(34-39-54)46-25-23-44(24-26-46)45-27-29-49(30-28-45)50-35-40-57-56-19-9-11-21-59(56)66(60(57)41-50)52-16-5-2-6-17-52/h1-42H. The Morgan fingerprint density at radius 2 is 0.761 bits per heavy atom. The van der Waals surface area contributed by atoms with Crippen molar-refractivity contribution in [2.45, 2.75) is 0 Å². The lowest BCUT2D eigenvalue weighted by Crippen LogP contribution is -2.10. The first-order chi connectivity index (χ1) is 33.2. The van der Waals surface area contributed by atoms with Gasteiger partial charge in [-0.15, -0.1) is 0 Å². The van der Waals surface area contributed by atoms with E-state index >= 15 is 0 Å². The van der Waals surface area contributed by atoms with E-state index in [-0.39, 0.29) is 0 Å². The van der Waals surface area contributed by atoms with Crippen molar-refractivity contribution in [1.82, 2.24) is 4.57 Å². The molecule has 0 aliphatic rings. The predicted octanol–water partition coefficient (Wildman–Crippen LogP) is 18.0. The van der Waals surface area contributed by atoms with E-state index in [0.717, 1.165) is 55.8 Å². The second kappa shape index (κ2) is 16.0. The predicted molar refractivity (Wildman–Crippen MR) is 282 cm³/mol. The lowest BCUT2D eigenvalue weighted by Gasteiger charge is -2.26. The largest absolute Gasteiger partial charge is 0.454 e. The minimum absolute atomic E-state index is 0.868. The van der Waals surface area contributed by atoms with Crippen LogP contribution in [0.15, 0.2) is 259 Å². The van der Waals surface area contributed by atoms with Crippen LogP contribution in [0.1, 0.15) is 0 Å². The number of anilines is 3. The second-order valence-corrected chi connectivity index (χ2v) is 17.3. The smallest absolute Gasteiger partial charge is 0.160 e. The van der Waals surface area contributed by atoms with E-state index in [1.54, 1.807) is 0 Å². The summed E-state index contributed by atoms with van der Waals surface area (Å²) in [6.07, 6.45) is 0. The Morgan fingerprint density at radius 3 is 1.39 bits per heavy atom. The van der Waals surface area contributed by atoms with Crippen molar-refractivity contribution >= 4 is 71.6 Å². The fourth-order valence-corrected chi connectivity index (χ4v) is 10.1. The first kappa shape index (κ1) is 38.5. The number of aromatic nitrogens is 1. The molecule has 0 amide bonds. The van der Waals surface area contributed by atoms with Gasteiger partial charge in [0.2, 0.25) is 0 Å². The number of nitrogens with zero attached hydrogens (tertiary/aromatic N) is 2. The molecule has 0 aliphatic carbocycles. The summed E-state index contributed by atoms with van der Waals surface area (Å²) < 4.78 is 9.16. The van der Waals surface area contributed by atoms with E-state index in [4.69, 9.17) is 4.42 Å². The summed E-state index contributed by atoms with van der Waals surface area (Å²) in [5.74, 6) is 0. The highest BCUT2D eigenvalue weighted by atomic mass is 16.3. The van der Waals surface area contributed by atoms with E-state index in [1.165, 1.54) is 66.0 Å². The van der Waals surface area contributed by atoms with Crippen LogP contribution < -0.4 is 4.90 Å². The molecular weight excluding hydrogens is 813 g/mol. The SMILES string of the molecule is c1ccc(-c2ccc(N(c3ccc(-c4ccc(-c5ccc(-c6ccc7c8ccccc8n(-c8ccccc8)c7c6)cc5)cc4)cc3)c3cc4ccccc4c4c3oc3ccccc34)cc2)cc1. The number of hydrogen-bond donors (Lipinski definition) is 0. The number of hydrogen-bond acceptors (Lipinski definition) is 2. The van der Waals surface area contributed by atoms with Gasteiger partial charge < -0.3 is 13.9 Å². The Labute approximate surface area is 388 Å². The molecular formula is C64H42N2O. The number of rotatable bonds is 8. The third-order valence-corrected chi connectivity index (χ3v) is 13.4. The quantitative estimate of drug-likeness (QED) is 0.152.